The molecule has 0 aliphatic heterocycles. The number of Topliss-reactive ketones (excluding diaryl/α,β-unsaturated/α-hetero) is 1. The molecule has 0 bridgehead atoms. The molecule has 0 saturated heterocycles. The third kappa shape index (κ3) is 3.75. The Morgan fingerprint density at radius 1 is 0.810 bits per heavy atom. The first-order chi connectivity index (χ1) is 10.1. The van der Waals surface area contributed by atoms with Crippen LogP contribution in [0.2, 0.25) is 0 Å². The molecule has 2 aromatic carbocycles. The number of carbonyl (C=O) groups is 1. The third-order valence-electron chi connectivity index (χ3n) is 3.12. The van der Waals surface area contributed by atoms with E-state index >= 15 is 0 Å². The quantitative estimate of drug-likeness (QED) is 0.764. The number of rotatable bonds is 6. The van der Waals surface area contributed by atoms with E-state index in [1.807, 2.05) is 0 Å². The van der Waals surface area contributed by atoms with Gasteiger partial charge in [0.2, 0.25) is 5.78 Å². The van der Waals surface area contributed by atoms with Crippen LogP contribution in [0.4, 0.5) is 0 Å². The van der Waals surface area contributed by atoms with Crippen molar-refractivity contribution in [3.05, 3.63) is 54.1 Å². The van der Waals surface area contributed by atoms with Crippen LogP contribution in [-0.2, 0) is 0 Å². The fourth-order valence-corrected chi connectivity index (χ4v) is 1.90. The SMILES string of the molecule is COc1ccc(OC(C)C(=O)c2ccc(OC)cc2)cc1. The van der Waals surface area contributed by atoms with Gasteiger partial charge in [-0.15, -0.1) is 0 Å². The zero-order valence-corrected chi connectivity index (χ0v) is 12.3. The minimum Gasteiger partial charge on any atom is -0.497 e. The topological polar surface area (TPSA) is 44.8 Å². The third-order valence-corrected chi connectivity index (χ3v) is 3.12. The Bertz CT molecular complexity index is 587. The predicted molar refractivity (Wildman–Crippen MR) is 80.4 cm³/mol. The second-order valence-corrected chi connectivity index (χ2v) is 4.53. The predicted octanol–water partition coefficient (Wildman–Crippen LogP) is 3.35. The fourth-order valence-electron chi connectivity index (χ4n) is 1.90. The van der Waals surface area contributed by atoms with E-state index in [0.717, 1.165) is 11.5 Å². The molecule has 4 heteroatoms. The molecule has 110 valence electrons. The minimum atomic E-state index is -0.563. The summed E-state index contributed by atoms with van der Waals surface area (Å²) in [5.41, 5.74) is 0.594. The van der Waals surface area contributed by atoms with Crippen LogP contribution in [-0.4, -0.2) is 26.1 Å². The van der Waals surface area contributed by atoms with Gasteiger partial charge in [0.15, 0.2) is 6.10 Å². The summed E-state index contributed by atoms with van der Waals surface area (Å²) >= 11 is 0. The van der Waals surface area contributed by atoms with E-state index in [1.54, 1.807) is 69.7 Å². The molecule has 0 N–H and O–H groups in total. The number of hydrogen-bond acceptors (Lipinski definition) is 4. The summed E-state index contributed by atoms with van der Waals surface area (Å²) in [6.07, 6.45) is -0.563. The lowest BCUT2D eigenvalue weighted by molar-refractivity contribution is 0.0818. The average Bonchev–Trinajstić information content (AvgIpc) is 2.55. The van der Waals surface area contributed by atoms with Gasteiger partial charge < -0.3 is 14.2 Å². The maximum atomic E-state index is 12.3. The molecule has 0 aliphatic rings. The van der Waals surface area contributed by atoms with Crippen molar-refractivity contribution in [2.24, 2.45) is 0 Å². The maximum Gasteiger partial charge on any atom is 0.202 e. The van der Waals surface area contributed by atoms with Crippen molar-refractivity contribution in [2.75, 3.05) is 14.2 Å². The van der Waals surface area contributed by atoms with Gasteiger partial charge in [0, 0.05) is 5.56 Å². The second-order valence-electron chi connectivity index (χ2n) is 4.53. The van der Waals surface area contributed by atoms with Crippen molar-refractivity contribution in [1.82, 2.24) is 0 Å². The molecule has 4 nitrogen and oxygen atoms in total. The summed E-state index contributed by atoms with van der Waals surface area (Å²) in [6, 6.07) is 14.1. The van der Waals surface area contributed by atoms with E-state index in [4.69, 9.17) is 14.2 Å². The van der Waals surface area contributed by atoms with Gasteiger partial charge in [0.05, 0.1) is 14.2 Å². The number of ether oxygens (including phenoxy) is 3. The van der Waals surface area contributed by atoms with Gasteiger partial charge in [-0.25, -0.2) is 0 Å². The van der Waals surface area contributed by atoms with Crippen molar-refractivity contribution < 1.29 is 19.0 Å². The number of methoxy groups -OCH3 is 2. The lowest BCUT2D eigenvalue weighted by atomic mass is 10.1. The Morgan fingerprint density at radius 2 is 1.24 bits per heavy atom. The molecule has 1 atom stereocenters. The van der Waals surface area contributed by atoms with E-state index < -0.39 is 6.10 Å². The molecule has 0 aliphatic carbocycles. The number of carbonyl (C=O) groups excluding carboxylic acids is 1. The highest BCUT2D eigenvalue weighted by Gasteiger charge is 2.17. The number of hydrogen-bond donors (Lipinski definition) is 0. The Labute approximate surface area is 124 Å². The van der Waals surface area contributed by atoms with Gasteiger partial charge in [0.1, 0.15) is 17.2 Å². The molecule has 0 heterocycles. The van der Waals surface area contributed by atoms with Crippen LogP contribution in [0.15, 0.2) is 48.5 Å². The van der Waals surface area contributed by atoms with Crippen molar-refractivity contribution >= 4 is 5.78 Å². The summed E-state index contributed by atoms with van der Waals surface area (Å²) in [6.45, 7) is 1.73. The standard InChI is InChI=1S/C17H18O4/c1-12(21-16-10-8-15(20-3)9-11-16)17(18)13-4-6-14(19-2)7-5-13/h4-12H,1-3H3. The van der Waals surface area contributed by atoms with Crippen LogP contribution in [0.3, 0.4) is 0 Å². The van der Waals surface area contributed by atoms with Crippen LogP contribution >= 0.6 is 0 Å². The van der Waals surface area contributed by atoms with Gasteiger partial charge in [0.25, 0.3) is 0 Å². The molecule has 0 aromatic heterocycles. The fraction of sp³-hybridized carbons (Fsp3) is 0.235. The van der Waals surface area contributed by atoms with Gasteiger partial charge in [-0.3, -0.25) is 4.79 Å². The largest absolute Gasteiger partial charge is 0.497 e. The average molecular weight is 286 g/mol. The summed E-state index contributed by atoms with van der Waals surface area (Å²) < 4.78 is 15.8. The summed E-state index contributed by atoms with van der Waals surface area (Å²) in [7, 11) is 3.19. The van der Waals surface area contributed by atoms with Crippen molar-refractivity contribution in [3.8, 4) is 17.2 Å². The van der Waals surface area contributed by atoms with Crippen LogP contribution in [0.25, 0.3) is 0 Å². The van der Waals surface area contributed by atoms with Crippen LogP contribution in [0.1, 0.15) is 17.3 Å². The van der Waals surface area contributed by atoms with Gasteiger partial charge in [-0.1, -0.05) is 0 Å². The van der Waals surface area contributed by atoms with Crippen LogP contribution < -0.4 is 14.2 Å². The Hall–Kier alpha value is -2.49. The Balaban J connectivity index is 2.03. The maximum absolute atomic E-state index is 12.3. The molecule has 21 heavy (non-hydrogen) atoms. The summed E-state index contributed by atoms with van der Waals surface area (Å²) in [4.78, 5) is 12.3. The van der Waals surface area contributed by atoms with Crippen LogP contribution in [0.5, 0.6) is 17.2 Å². The zero-order chi connectivity index (χ0) is 15.2. The van der Waals surface area contributed by atoms with Gasteiger partial charge in [-0.05, 0) is 55.5 Å². The minimum absolute atomic E-state index is 0.0755. The van der Waals surface area contributed by atoms with E-state index in [2.05, 4.69) is 0 Å². The van der Waals surface area contributed by atoms with E-state index in [1.165, 1.54) is 0 Å². The molecule has 1 unspecified atom stereocenters. The highest BCUT2D eigenvalue weighted by molar-refractivity contribution is 5.99. The van der Waals surface area contributed by atoms with Gasteiger partial charge in [-0.2, -0.15) is 0 Å². The highest BCUT2D eigenvalue weighted by atomic mass is 16.5. The Kier molecular flexibility index (Phi) is 4.82. The van der Waals surface area contributed by atoms with Crippen molar-refractivity contribution in [3.63, 3.8) is 0 Å². The van der Waals surface area contributed by atoms with Gasteiger partial charge >= 0.3 is 0 Å². The molecular formula is C17H18O4. The monoisotopic (exact) mass is 286 g/mol. The van der Waals surface area contributed by atoms with E-state index in [0.29, 0.717) is 11.3 Å². The molecule has 0 spiro atoms. The van der Waals surface area contributed by atoms with Crippen molar-refractivity contribution in [2.45, 2.75) is 13.0 Å². The smallest absolute Gasteiger partial charge is 0.202 e. The zero-order valence-electron chi connectivity index (χ0n) is 12.3. The number of benzene rings is 2. The van der Waals surface area contributed by atoms with Crippen LogP contribution in [0, 0.1) is 0 Å². The molecule has 0 amide bonds. The normalized spacial score (nSPS) is 11.6. The molecule has 0 saturated carbocycles. The first kappa shape index (κ1) is 14.9. The summed E-state index contributed by atoms with van der Waals surface area (Å²) in [5, 5.41) is 0. The highest BCUT2D eigenvalue weighted by Crippen LogP contribution is 2.20. The molecule has 0 fully saturated rings. The second kappa shape index (κ2) is 6.79. The summed E-state index contributed by atoms with van der Waals surface area (Å²) in [5.74, 6) is 2.02. The lowest BCUT2D eigenvalue weighted by Gasteiger charge is -2.14. The van der Waals surface area contributed by atoms with Crippen molar-refractivity contribution in [1.29, 1.82) is 0 Å². The van der Waals surface area contributed by atoms with E-state index in [-0.39, 0.29) is 5.78 Å². The first-order valence-corrected chi connectivity index (χ1v) is 6.63. The molecule has 2 aromatic rings. The first-order valence-electron chi connectivity index (χ1n) is 6.63. The molecule has 0 radical (unpaired) electrons. The molecule has 2 rings (SSSR count). The van der Waals surface area contributed by atoms with E-state index in [9.17, 15) is 4.79 Å². The molecular weight excluding hydrogens is 268 g/mol. The number of ketones is 1. The lowest BCUT2D eigenvalue weighted by Crippen LogP contribution is -2.23. The Morgan fingerprint density at radius 3 is 1.71 bits per heavy atom.